The zero-order chi connectivity index (χ0) is 12.6. The Morgan fingerprint density at radius 2 is 0.889 bits per heavy atom. The minimum Gasteiger partial charge on any atom is -0.545 e. The van der Waals surface area contributed by atoms with Crippen molar-refractivity contribution in [3.8, 4) is 0 Å². The van der Waals surface area contributed by atoms with Gasteiger partial charge in [0.2, 0.25) is 0 Å². The Hall–Kier alpha value is -0.925. The van der Waals surface area contributed by atoms with E-state index in [2.05, 4.69) is 0 Å². The smallest absolute Gasteiger partial charge is 0.545 e. The molecule has 0 saturated heterocycles. The fraction of sp³-hybridized carbons (Fsp3) is 0. The van der Waals surface area contributed by atoms with Gasteiger partial charge in [-0.2, -0.15) is 0 Å². The fourth-order valence-electron chi connectivity index (χ4n) is 1.02. The van der Waals surface area contributed by atoms with Crippen LogP contribution in [0.3, 0.4) is 0 Å². The second-order valence-corrected chi connectivity index (χ2v) is 2.58. The predicted molar refractivity (Wildman–Crippen MR) is 34.9 cm³/mol. The molecule has 0 unspecified atom stereocenters. The molecule has 0 aromatic heterocycles. The molecule has 0 spiro atoms. The van der Waals surface area contributed by atoms with E-state index in [4.69, 9.17) is 0 Å². The average Bonchev–Trinajstić information content (AvgIpc) is 2.18. The van der Waals surface area contributed by atoms with Crippen LogP contribution in [0, 0.1) is 23.3 Å². The largest absolute Gasteiger partial charge is 1.00 e. The second kappa shape index (κ2) is 6.86. The van der Waals surface area contributed by atoms with Crippen LogP contribution in [-0.4, -0.2) is 11.9 Å². The fourth-order valence-corrected chi connectivity index (χ4v) is 1.02. The van der Waals surface area contributed by atoms with Crippen molar-refractivity contribution in [1.29, 1.82) is 0 Å². The van der Waals surface area contributed by atoms with Crippen LogP contribution in [0.25, 0.3) is 0 Å². The molecule has 0 N–H and O–H groups in total. The van der Waals surface area contributed by atoms with Gasteiger partial charge >= 0.3 is 37.7 Å². The molecule has 0 aliphatic carbocycles. The summed E-state index contributed by atoms with van der Waals surface area (Å²) in [4.78, 5) is 20.5. The van der Waals surface area contributed by atoms with Gasteiger partial charge in [0.1, 0.15) is 0 Å². The van der Waals surface area contributed by atoms with Crippen molar-refractivity contribution >= 4 is 11.9 Å². The van der Waals surface area contributed by atoms with Crippen LogP contribution in [0.2, 0.25) is 0 Å². The van der Waals surface area contributed by atoms with E-state index in [0.29, 0.717) is 0 Å². The molecule has 0 saturated carbocycles. The van der Waals surface area contributed by atoms with Gasteiger partial charge < -0.3 is 19.8 Å². The van der Waals surface area contributed by atoms with Crippen molar-refractivity contribution in [2.45, 2.75) is 0 Å². The van der Waals surface area contributed by atoms with Crippen molar-refractivity contribution in [1.82, 2.24) is 0 Å². The van der Waals surface area contributed by atoms with E-state index < -0.39 is 46.3 Å². The van der Waals surface area contributed by atoms with E-state index in [0.717, 1.165) is 0 Å². The van der Waals surface area contributed by atoms with Gasteiger partial charge in [0.05, 0.1) is 11.9 Å². The van der Waals surface area contributed by atoms with Crippen LogP contribution in [0.5, 0.6) is 0 Å². The number of halogens is 4. The van der Waals surface area contributed by atoms with Crippen LogP contribution in [0.15, 0.2) is 0 Å². The summed E-state index contributed by atoms with van der Waals surface area (Å²) in [5.41, 5.74) is -3.87. The van der Waals surface area contributed by atoms with Crippen molar-refractivity contribution < 1.29 is 75.1 Å². The molecule has 0 heterocycles. The van der Waals surface area contributed by atoms with Gasteiger partial charge in [0.15, 0.2) is 23.3 Å². The molecule has 1 aromatic carbocycles. The Labute approximate surface area is 121 Å². The third kappa shape index (κ3) is 3.09. The maximum atomic E-state index is 12.8. The summed E-state index contributed by atoms with van der Waals surface area (Å²) < 4.78 is 50.8. The summed E-state index contributed by atoms with van der Waals surface area (Å²) in [6, 6.07) is 0. The van der Waals surface area contributed by atoms with E-state index in [-0.39, 0.29) is 37.7 Å². The molecule has 0 amide bonds. The molecule has 86 valence electrons. The first-order valence-electron chi connectivity index (χ1n) is 3.57. The summed E-state index contributed by atoms with van der Waals surface area (Å²) in [6.07, 6.45) is 0. The molecule has 18 heavy (non-hydrogen) atoms. The molecule has 0 aliphatic rings. The summed E-state index contributed by atoms with van der Waals surface area (Å²) >= 11 is 0. The van der Waals surface area contributed by atoms with Crippen LogP contribution in [0.1, 0.15) is 20.7 Å². The van der Waals surface area contributed by atoms with Crippen LogP contribution in [0.4, 0.5) is 17.6 Å². The molecule has 0 aliphatic heterocycles. The topological polar surface area (TPSA) is 80.3 Å². The number of carbonyl (C=O) groups excluding carboxylic acids is 2. The molecular formula is C8F4Li2O4. The van der Waals surface area contributed by atoms with Crippen molar-refractivity contribution in [3.05, 3.63) is 34.4 Å². The van der Waals surface area contributed by atoms with Gasteiger partial charge in [-0.3, -0.25) is 0 Å². The number of aromatic carboxylic acids is 2. The van der Waals surface area contributed by atoms with Crippen molar-refractivity contribution in [2.24, 2.45) is 0 Å². The first-order valence-corrected chi connectivity index (χ1v) is 3.57. The minimum atomic E-state index is -2.51. The second-order valence-electron chi connectivity index (χ2n) is 2.58. The van der Waals surface area contributed by atoms with Crippen LogP contribution < -0.4 is 47.9 Å². The summed E-state index contributed by atoms with van der Waals surface area (Å²) in [5.74, 6) is -14.6. The molecule has 4 nitrogen and oxygen atoms in total. The summed E-state index contributed by atoms with van der Waals surface area (Å²) in [7, 11) is 0. The molecule has 0 bridgehead atoms. The predicted octanol–water partition coefficient (Wildman–Crippen LogP) is -7.02. The standard InChI is InChI=1S/C8H2F4O4.2Li/c9-3-1(7(13)14)2(8(15)16)4(10)6(12)5(3)11;;/h(H,13,14)(H,15,16);;/q;2*+1/p-2. The first kappa shape index (κ1) is 19.4. The number of carboxylic acid groups (broad SMARTS) is 2. The zero-order valence-electron chi connectivity index (χ0n) is 9.14. The molecule has 0 radical (unpaired) electrons. The van der Waals surface area contributed by atoms with Gasteiger partial charge in [-0.15, -0.1) is 0 Å². The van der Waals surface area contributed by atoms with E-state index in [9.17, 15) is 37.4 Å². The van der Waals surface area contributed by atoms with Gasteiger partial charge in [-0.05, 0) is 0 Å². The number of benzene rings is 1. The SMILES string of the molecule is O=C([O-])c1c(F)c(F)c(F)c(F)c1C(=O)[O-].[Li+].[Li+]. The maximum absolute atomic E-state index is 12.8. The summed E-state index contributed by atoms with van der Waals surface area (Å²) in [6.45, 7) is 0. The third-order valence-electron chi connectivity index (χ3n) is 1.68. The van der Waals surface area contributed by atoms with Crippen LogP contribution >= 0.6 is 0 Å². The minimum absolute atomic E-state index is 0. The Balaban J connectivity index is 0. The Kier molecular flexibility index (Phi) is 7.40. The molecule has 1 aromatic rings. The number of carboxylic acids is 2. The molecule has 0 atom stereocenters. The third-order valence-corrected chi connectivity index (χ3v) is 1.68. The first-order chi connectivity index (χ1) is 7.29. The van der Waals surface area contributed by atoms with Gasteiger partial charge in [-0.25, -0.2) is 17.6 Å². The number of hydrogen-bond acceptors (Lipinski definition) is 4. The Morgan fingerprint density at radius 1 is 0.667 bits per heavy atom. The number of carbonyl (C=O) groups is 2. The van der Waals surface area contributed by atoms with Crippen molar-refractivity contribution in [3.63, 3.8) is 0 Å². The summed E-state index contributed by atoms with van der Waals surface area (Å²) in [5, 5.41) is 20.5. The number of rotatable bonds is 2. The van der Waals surface area contributed by atoms with E-state index in [1.54, 1.807) is 0 Å². The van der Waals surface area contributed by atoms with E-state index in [1.807, 2.05) is 0 Å². The molecular weight excluding hydrogens is 250 g/mol. The zero-order valence-corrected chi connectivity index (χ0v) is 9.14. The van der Waals surface area contributed by atoms with E-state index in [1.165, 1.54) is 0 Å². The quantitative estimate of drug-likeness (QED) is 0.226. The van der Waals surface area contributed by atoms with Gasteiger partial charge in [0.25, 0.3) is 0 Å². The maximum Gasteiger partial charge on any atom is 1.00 e. The Bertz CT molecular complexity index is 462. The Morgan fingerprint density at radius 3 is 1.06 bits per heavy atom. The molecule has 1 rings (SSSR count). The van der Waals surface area contributed by atoms with Gasteiger partial charge in [-0.1, -0.05) is 0 Å². The van der Waals surface area contributed by atoms with Crippen LogP contribution in [-0.2, 0) is 0 Å². The van der Waals surface area contributed by atoms with Gasteiger partial charge in [0, 0.05) is 11.1 Å². The average molecular weight is 250 g/mol. The van der Waals surface area contributed by atoms with E-state index >= 15 is 0 Å². The normalized spacial score (nSPS) is 9.11. The molecule has 0 fully saturated rings. The molecule has 10 heteroatoms. The number of hydrogen-bond donors (Lipinski definition) is 0. The monoisotopic (exact) mass is 250 g/mol. The van der Waals surface area contributed by atoms with Crippen molar-refractivity contribution in [2.75, 3.05) is 0 Å².